The summed E-state index contributed by atoms with van der Waals surface area (Å²) in [7, 11) is 0. The van der Waals surface area contributed by atoms with Crippen LogP contribution in [0.5, 0.6) is 0 Å². The number of carbonyl (C=O) groups is 1. The predicted molar refractivity (Wildman–Crippen MR) is 52.3 cm³/mol. The summed E-state index contributed by atoms with van der Waals surface area (Å²) < 4.78 is 0. The summed E-state index contributed by atoms with van der Waals surface area (Å²) in [5, 5.41) is 8.54. The first kappa shape index (κ1) is 14.0. The summed E-state index contributed by atoms with van der Waals surface area (Å²) in [6.07, 6.45) is 5.24. The Bertz CT molecular complexity index is 104. The van der Waals surface area contributed by atoms with Gasteiger partial charge in [0.1, 0.15) is 0 Å². The van der Waals surface area contributed by atoms with Crippen LogP contribution >= 0.6 is 0 Å². The highest BCUT2D eigenvalue weighted by Gasteiger charge is 2.19. The molecule has 1 fully saturated rings. The molecule has 0 saturated heterocycles. The average molecular weight is 174 g/mol. The summed E-state index contributed by atoms with van der Waals surface area (Å²) >= 11 is 0. The van der Waals surface area contributed by atoms with E-state index in [1.54, 1.807) is 0 Å². The molecule has 1 aliphatic carbocycles. The molecule has 0 heterocycles. The molecular weight excluding hydrogens is 152 g/mol. The number of hydrogen-bond acceptors (Lipinski definition) is 1. The number of carboxylic acids is 1. The molecule has 0 aromatic heterocycles. The lowest BCUT2D eigenvalue weighted by Crippen LogP contribution is -2.16. The van der Waals surface area contributed by atoms with E-state index >= 15 is 0 Å². The second-order valence-corrected chi connectivity index (χ2v) is 2.67. The first-order valence-corrected chi connectivity index (χ1v) is 4.53. The second-order valence-electron chi connectivity index (χ2n) is 2.67. The lowest BCUT2D eigenvalue weighted by Gasteiger charge is -2.16. The third-order valence-electron chi connectivity index (χ3n) is 1.95. The zero-order chi connectivity index (χ0) is 8.69. The zero-order valence-corrected chi connectivity index (χ0v) is 7.47. The fourth-order valence-corrected chi connectivity index (χ4v) is 1.35. The third kappa shape index (κ3) is 5.16. The van der Waals surface area contributed by atoms with Crippen LogP contribution in [0.25, 0.3) is 0 Å². The van der Waals surface area contributed by atoms with Crippen molar-refractivity contribution in [3.05, 3.63) is 0 Å². The molecule has 0 spiro atoms. The standard InChI is InChI=1S/C7H12O2.C2H6.CH4/c8-7(9)6-4-2-1-3-5-6;1-2;/h6H,1-5H2,(H,8,9);1-2H3;1H4. The number of hydrogen-bond donors (Lipinski definition) is 1. The second kappa shape index (κ2) is 8.57. The van der Waals surface area contributed by atoms with Gasteiger partial charge in [0.15, 0.2) is 0 Å². The molecule has 2 heteroatoms. The van der Waals surface area contributed by atoms with Gasteiger partial charge in [-0.1, -0.05) is 40.5 Å². The Hall–Kier alpha value is -0.530. The summed E-state index contributed by atoms with van der Waals surface area (Å²) in [6, 6.07) is 0. The van der Waals surface area contributed by atoms with Gasteiger partial charge in [0, 0.05) is 0 Å². The van der Waals surface area contributed by atoms with E-state index in [0.29, 0.717) is 0 Å². The van der Waals surface area contributed by atoms with Crippen molar-refractivity contribution in [1.29, 1.82) is 0 Å². The van der Waals surface area contributed by atoms with E-state index in [9.17, 15) is 4.79 Å². The van der Waals surface area contributed by atoms with Crippen molar-refractivity contribution >= 4 is 5.97 Å². The molecule has 0 radical (unpaired) electrons. The molecule has 0 aromatic carbocycles. The lowest BCUT2D eigenvalue weighted by molar-refractivity contribution is -0.142. The minimum Gasteiger partial charge on any atom is -0.481 e. The monoisotopic (exact) mass is 174 g/mol. The summed E-state index contributed by atoms with van der Waals surface area (Å²) in [4.78, 5) is 10.4. The van der Waals surface area contributed by atoms with Crippen molar-refractivity contribution in [3.8, 4) is 0 Å². The van der Waals surface area contributed by atoms with Crippen LogP contribution in [0.3, 0.4) is 0 Å². The highest BCUT2D eigenvalue weighted by atomic mass is 16.4. The molecule has 12 heavy (non-hydrogen) atoms. The number of aliphatic carboxylic acids is 1. The van der Waals surface area contributed by atoms with Gasteiger partial charge in [0.2, 0.25) is 0 Å². The highest BCUT2D eigenvalue weighted by molar-refractivity contribution is 5.69. The van der Waals surface area contributed by atoms with Crippen LogP contribution in [0, 0.1) is 5.92 Å². The van der Waals surface area contributed by atoms with Gasteiger partial charge in [-0.25, -0.2) is 0 Å². The minimum atomic E-state index is -0.602. The molecule has 0 amide bonds. The van der Waals surface area contributed by atoms with E-state index in [1.807, 2.05) is 13.8 Å². The summed E-state index contributed by atoms with van der Waals surface area (Å²) in [5.74, 6) is -0.631. The Labute approximate surface area is 76.0 Å². The SMILES string of the molecule is C.CC.O=C(O)C1CCCCC1. The summed E-state index contributed by atoms with van der Waals surface area (Å²) in [5.41, 5.74) is 0. The molecule has 1 N–H and O–H groups in total. The van der Waals surface area contributed by atoms with Crippen LogP contribution in [-0.4, -0.2) is 11.1 Å². The van der Waals surface area contributed by atoms with E-state index in [2.05, 4.69) is 0 Å². The topological polar surface area (TPSA) is 37.3 Å². The van der Waals surface area contributed by atoms with Gasteiger partial charge in [-0.15, -0.1) is 0 Å². The van der Waals surface area contributed by atoms with Crippen LogP contribution in [0.15, 0.2) is 0 Å². The maximum atomic E-state index is 10.4. The Kier molecular flexibility index (Phi) is 10.0. The molecule has 0 aliphatic heterocycles. The molecule has 74 valence electrons. The van der Waals surface area contributed by atoms with E-state index < -0.39 is 5.97 Å². The molecule has 1 aliphatic rings. The maximum absolute atomic E-state index is 10.4. The van der Waals surface area contributed by atoms with Crippen LogP contribution in [0.2, 0.25) is 0 Å². The molecule has 0 aromatic rings. The zero-order valence-electron chi connectivity index (χ0n) is 7.47. The molecule has 1 rings (SSSR count). The lowest BCUT2D eigenvalue weighted by atomic mass is 9.90. The van der Waals surface area contributed by atoms with E-state index in [4.69, 9.17) is 5.11 Å². The minimum absolute atomic E-state index is 0. The van der Waals surface area contributed by atoms with Gasteiger partial charge in [-0.2, -0.15) is 0 Å². The van der Waals surface area contributed by atoms with Crippen LogP contribution in [0.1, 0.15) is 53.4 Å². The average Bonchev–Trinajstić information content (AvgIpc) is 2.10. The van der Waals surface area contributed by atoms with E-state index in [0.717, 1.165) is 25.7 Å². The van der Waals surface area contributed by atoms with E-state index in [-0.39, 0.29) is 13.3 Å². The first-order chi connectivity index (χ1) is 5.30. The van der Waals surface area contributed by atoms with Crippen molar-refractivity contribution < 1.29 is 9.90 Å². The molecular formula is C10H22O2. The van der Waals surface area contributed by atoms with Gasteiger partial charge < -0.3 is 5.11 Å². The smallest absolute Gasteiger partial charge is 0.306 e. The van der Waals surface area contributed by atoms with Crippen molar-refractivity contribution in [2.24, 2.45) is 5.92 Å². The van der Waals surface area contributed by atoms with Gasteiger partial charge >= 0.3 is 5.97 Å². The van der Waals surface area contributed by atoms with Gasteiger partial charge in [0.05, 0.1) is 5.92 Å². The number of rotatable bonds is 1. The molecule has 1 saturated carbocycles. The Morgan fingerprint density at radius 1 is 1.17 bits per heavy atom. The predicted octanol–water partition coefficient (Wildman–Crippen LogP) is 3.31. The van der Waals surface area contributed by atoms with Crippen molar-refractivity contribution in [1.82, 2.24) is 0 Å². The van der Waals surface area contributed by atoms with Crippen LogP contribution in [-0.2, 0) is 4.79 Å². The van der Waals surface area contributed by atoms with Gasteiger partial charge in [-0.3, -0.25) is 4.79 Å². The number of carboxylic acid groups (broad SMARTS) is 1. The van der Waals surface area contributed by atoms with Crippen LogP contribution in [0.4, 0.5) is 0 Å². The van der Waals surface area contributed by atoms with Gasteiger partial charge in [-0.05, 0) is 12.8 Å². The quantitative estimate of drug-likeness (QED) is 0.662. The largest absolute Gasteiger partial charge is 0.481 e. The van der Waals surface area contributed by atoms with Crippen molar-refractivity contribution in [2.45, 2.75) is 53.4 Å². The maximum Gasteiger partial charge on any atom is 0.306 e. The fourth-order valence-electron chi connectivity index (χ4n) is 1.35. The van der Waals surface area contributed by atoms with Crippen molar-refractivity contribution in [2.75, 3.05) is 0 Å². The molecule has 2 nitrogen and oxygen atoms in total. The fraction of sp³-hybridized carbons (Fsp3) is 0.900. The van der Waals surface area contributed by atoms with Crippen LogP contribution < -0.4 is 0 Å². The van der Waals surface area contributed by atoms with Gasteiger partial charge in [0.25, 0.3) is 0 Å². The highest BCUT2D eigenvalue weighted by Crippen LogP contribution is 2.23. The third-order valence-corrected chi connectivity index (χ3v) is 1.95. The normalized spacial score (nSPS) is 16.8. The first-order valence-electron chi connectivity index (χ1n) is 4.53. The molecule has 0 atom stereocenters. The Morgan fingerprint density at radius 3 is 1.83 bits per heavy atom. The van der Waals surface area contributed by atoms with Crippen molar-refractivity contribution in [3.63, 3.8) is 0 Å². The van der Waals surface area contributed by atoms with E-state index in [1.165, 1.54) is 6.42 Å². The Morgan fingerprint density at radius 2 is 1.58 bits per heavy atom. The summed E-state index contributed by atoms with van der Waals surface area (Å²) in [6.45, 7) is 4.00. The Balaban J connectivity index is 0. The molecule has 0 bridgehead atoms. The molecule has 0 unspecified atom stereocenters.